The molecule has 0 heterocycles. The van der Waals surface area contributed by atoms with Gasteiger partial charge < -0.3 is 14.8 Å². The first-order chi connectivity index (χ1) is 17.1. The molecule has 188 valence electrons. The zero-order valence-electron chi connectivity index (χ0n) is 20.0. The maximum absolute atomic E-state index is 13.3. The van der Waals surface area contributed by atoms with Gasteiger partial charge in [0.1, 0.15) is 6.04 Å². The Labute approximate surface area is 209 Å². The number of methoxy groups -OCH3 is 2. The summed E-state index contributed by atoms with van der Waals surface area (Å²) in [5.74, 6) is -2.14. The third kappa shape index (κ3) is 6.77. The Hall–Kier alpha value is -4.02. The van der Waals surface area contributed by atoms with E-state index in [0.29, 0.717) is 0 Å². The van der Waals surface area contributed by atoms with Crippen molar-refractivity contribution < 1.29 is 32.3 Å². The molecule has 0 saturated heterocycles. The second kappa shape index (κ2) is 11.6. The molecule has 0 unspecified atom stereocenters. The molecule has 0 aliphatic carbocycles. The summed E-state index contributed by atoms with van der Waals surface area (Å²) in [4.78, 5) is 37.5. The summed E-state index contributed by atoms with van der Waals surface area (Å²) in [6.07, 6.45) is 0.0539. The molecule has 1 amide bonds. The predicted octanol–water partition coefficient (Wildman–Crippen LogP) is 3.10. The molecule has 0 spiro atoms. The minimum atomic E-state index is -4.04. The van der Waals surface area contributed by atoms with Gasteiger partial charge in [-0.25, -0.2) is 18.0 Å². The van der Waals surface area contributed by atoms with Crippen LogP contribution >= 0.6 is 0 Å². The van der Waals surface area contributed by atoms with Gasteiger partial charge in [-0.3, -0.25) is 4.79 Å². The van der Waals surface area contributed by atoms with Crippen LogP contribution in [0.4, 0.5) is 5.69 Å². The molecule has 0 aromatic heterocycles. The molecular weight excluding hydrogens is 484 g/mol. The number of hydrogen-bond donors (Lipinski definition) is 2. The summed E-state index contributed by atoms with van der Waals surface area (Å²) in [6, 6.07) is 17.9. The van der Waals surface area contributed by atoms with Gasteiger partial charge >= 0.3 is 11.9 Å². The number of rotatable bonds is 9. The van der Waals surface area contributed by atoms with Crippen LogP contribution in [0.3, 0.4) is 0 Å². The number of sulfonamides is 1. The predicted molar refractivity (Wildman–Crippen MR) is 133 cm³/mol. The van der Waals surface area contributed by atoms with E-state index in [9.17, 15) is 22.8 Å². The molecule has 0 aliphatic rings. The molecule has 3 aromatic carbocycles. The van der Waals surface area contributed by atoms with E-state index >= 15 is 0 Å². The van der Waals surface area contributed by atoms with Gasteiger partial charge in [-0.15, -0.1) is 0 Å². The third-order valence-electron chi connectivity index (χ3n) is 5.27. The summed E-state index contributed by atoms with van der Waals surface area (Å²) in [6.45, 7) is 1.83. The van der Waals surface area contributed by atoms with E-state index in [1.54, 1.807) is 36.4 Å². The quantitative estimate of drug-likeness (QED) is 0.424. The van der Waals surface area contributed by atoms with Gasteiger partial charge in [0.2, 0.25) is 15.9 Å². The van der Waals surface area contributed by atoms with Crippen LogP contribution < -0.4 is 10.0 Å². The van der Waals surface area contributed by atoms with Gasteiger partial charge in [0.05, 0.1) is 30.2 Å². The molecule has 3 aromatic rings. The number of esters is 2. The zero-order chi connectivity index (χ0) is 26.3. The summed E-state index contributed by atoms with van der Waals surface area (Å²) in [5, 5.41) is 2.60. The number of carbonyl (C=O) groups excluding carboxylic acids is 3. The number of hydrogen-bond acceptors (Lipinski definition) is 7. The molecule has 0 radical (unpaired) electrons. The molecular formula is C26H26N2O7S. The lowest BCUT2D eigenvalue weighted by atomic mass is 10.1. The van der Waals surface area contributed by atoms with Crippen molar-refractivity contribution in [2.45, 2.75) is 24.3 Å². The maximum atomic E-state index is 13.3. The fourth-order valence-electron chi connectivity index (χ4n) is 3.41. The van der Waals surface area contributed by atoms with E-state index in [-0.39, 0.29) is 28.1 Å². The number of nitrogens with one attached hydrogen (secondary N) is 2. The van der Waals surface area contributed by atoms with Crippen molar-refractivity contribution in [2.75, 3.05) is 19.5 Å². The molecule has 0 fully saturated rings. The van der Waals surface area contributed by atoms with Crippen molar-refractivity contribution in [1.29, 1.82) is 0 Å². The summed E-state index contributed by atoms with van der Waals surface area (Å²) in [5.41, 5.74) is 1.73. The minimum absolute atomic E-state index is 0.00976. The van der Waals surface area contributed by atoms with Crippen molar-refractivity contribution in [3.63, 3.8) is 0 Å². The summed E-state index contributed by atoms with van der Waals surface area (Å²) >= 11 is 0. The van der Waals surface area contributed by atoms with Gasteiger partial charge in [-0.05, 0) is 49.2 Å². The minimum Gasteiger partial charge on any atom is -0.465 e. The number of benzene rings is 3. The highest BCUT2D eigenvalue weighted by Crippen LogP contribution is 2.19. The lowest BCUT2D eigenvalue weighted by Gasteiger charge is -2.19. The van der Waals surface area contributed by atoms with Crippen LogP contribution in [0.25, 0.3) is 0 Å². The fraction of sp³-hybridized carbons (Fsp3) is 0.192. The maximum Gasteiger partial charge on any atom is 0.337 e. The lowest BCUT2D eigenvalue weighted by molar-refractivity contribution is -0.117. The van der Waals surface area contributed by atoms with Gasteiger partial charge in [0.15, 0.2) is 0 Å². The summed E-state index contributed by atoms with van der Waals surface area (Å²) in [7, 11) is -1.68. The molecule has 10 heteroatoms. The Morgan fingerprint density at radius 3 is 1.92 bits per heavy atom. The average molecular weight is 511 g/mol. The van der Waals surface area contributed by atoms with Gasteiger partial charge in [0, 0.05) is 5.69 Å². The SMILES string of the molecule is COC(=O)c1cc(NC(=O)[C@H](Cc2ccccc2)NS(=O)(=O)c2ccc(C)cc2)cc(C(=O)OC)c1. The van der Waals surface area contributed by atoms with E-state index in [0.717, 1.165) is 11.1 Å². The Balaban J connectivity index is 1.94. The first-order valence-electron chi connectivity index (χ1n) is 10.9. The zero-order valence-corrected chi connectivity index (χ0v) is 20.8. The highest BCUT2D eigenvalue weighted by molar-refractivity contribution is 7.89. The van der Waals surface area contributed by atoms with Crippen LogP contribution in [-0.2, 0) is 30.7 Å². The van der Waals surface area contributed by atoms with E-state index in [1.807, 2.05) is 13.0 Å². The average Bonchev–Trinajstić information content (AvgIpc) is 2.87. The van der Waals surface area contributed by atoms with Crippen LogP contribution in [0.1, 0.15) is 31.8 Å². The number of ether oxygens (including phenoxy) is 2. The Bertz CT molecular complexity index is 1320. The second-order valence-corrected chi connectivity index (χ2v) is 9.66. The van der Waals surface area contributed by atoms with Crippen LogP contribution in [0.15, 0.2) is 77.7 Å². The number of anilines is 1. The number of amides is 1. The first-order valence-corrected chi connectivity index (χ1v) is 12.4. The molecule has 2 N–H and O–H groups in total. The van der Waals surface area contributed by atoms with Crippen LogP contribution in [0.2, 0.25) is 0 Å². The molecule has 0 bridgehead atoms. The number of aryl methyl sites for hydroxylation is 1. The van der Waals surface area contributed by atoms with Crippen molar-refractivity contribution in [2.24, 2.45) is 0 Å². The van der Waals surface area contributed by atoms with Crippen LogP contribution in [0.5, 0.6) is 0 Å². The molecule has 36 heavy (non-hydrogen) atoms. The second-order valence-electron chi connectivity index (χ2n) is 7.95. The standard InChI is InChI=1S/C26H26N2O7S/c1-17-9-11-22(12-10-17)36(32,33)28-23(13-18-7-5-4-6-8-18)24(29)27-21-15-19(25(30)34-2)14-20(16-21)26(31)35-3/h4-12,14-16,23,28H,13H2,1-3H3,(H,27,29)/t23-/m0/s1. The smallest absolute Gasteiger partial charge is 0.337 e. The molecule has 0 saturated carbocycles. The Morgan fingerprint density at radius 1 is 0.833 bits per heavy atom. The van der Waals surface area contributed by atoms with Crippen molar-refractivity contribution >= 4 is 33.6 Å². The number of carbonyl (C=O) groups is 3. The van der Waals surface area contributed by atoms with Gasteiger partial charge in [-0.2, -0.15) is 4.72 Å². The van der Waals surface area contributed by atoms with E-state index in [1.165, 1.54) is 44.6 Å². The van der Waals surface area contributed by atoms with Crippen molar-refractivity contribution in [3.05, 3.63) is 95.1 Å². The van der Waals surface area contributed by atoms with Crippen molar-refractivity contribution in [1.82, 2.24) is 4.72 Å². The van der Waals surface area contributed by atoms with E-state index in [4.69, 9.17) is 9.47 Å². The fourth-order valence-corrected chi connectivity index (χ4v) is 4.61. The molecule has 1 atom stereocenters. The largest absolute Gasteiger partial charge is 0.465 e. The monoisotopic (exact) mass is 510 g/mol. The van der Waals surface area contributed by atoms with Crippen LogP contribution in [0, 0.1) is 6.92 Å². The highest BCUT2D eigenvalue weighted by Gasteiger charge is 2.27. The normalized spacial score (nSPS) is 11.9. The molecule has 9 nitrogen and oxygen atoms in total. The van der Waals surface area contributed by atoms with Gasteiger partial charge in [0.25, 0.3) is 0 Å². The van der Waals surface area contributed by atoms with Crippen LogP contribution in [-0.4, -0.2) is 46.5 Å². The Morgan fingerprint density at radius 2 is 1.39 bits per heavy atom. The molecule has 3 rings (SSSR count). The van der Waals surface area contributed by atoms with Gasteiger partial charge in [-0.1, -0.05) is 48.0 Å². The first kappa shape index (κ1) is 26.6. The molecule has 0 aliphatic heterocycles. The lowest BCUT2D eigenvalue weighted by Crippen LogP contribution is -2.45. The van der Waals surface area contributed by atoms with E-state index < -0.39 is 33.9 Å². The topological polar surface area (TPSA) is 128 Å². The highest BCUT2D eigenvalue weighted by atomic mass is 32.2. The summed E-state index contributed by atoms with van der Waals surface area (Å²) < 4.78 is 38.0. The van der Waals surface area contributed by atoms with Crippen molar-refractivity contribution in [3.8, 4) is 0 Å². The Kier molecular flexibility index (Phi) is 8.57. The third-order valence-corrected chi connectivity index (χ3v) is 6.76. The van der Waals surface area contributed by atoms with E-state index in [2.05, 4.69) is 10.0 Å².